The molecule has 0 spiro atoms. The van der Waals surface area contributed by atoms with Gasteiger partial charge in [0.2, 0.25) is 0 Å². The monoisotopic (exact) mass is 1490 g/mol. The molecule has 1 aliphatic rings. The standard InChI is InChI=1S/C102H81Si.3ClH.Ti/c1-69-68-102(7,74(6)70(69)2)103(99-71(3)87(75-44-20-8-21-45-75)90(78-50-26-11-27-51-78)93(81-56-32-14-33-57-81)96(99)84-62-38-17-39-63-84,100-72(4)88(76-46-22-9-23-47-76)91(79-52-28-12-29-53-79)94(82-58-34-15-35-59-82)97(100)85-64-40-18-41-65-85)101-73(5)89(77-48-24-10-25-49-77)92(80-54-30-13-31-55-80)95(83-60-36-16-37-61-83)98(101)86-66-42-19-43-67-86;;;;/h8-67H,1-7H3;3*1H;/q;;;;+3/p-3. The molecule has 5 heteroatoms. The maximum Gasteiger partial charge on any atom is -1.00 e. The predicted octanol–water partition coefficient (Wildman–Crippen LogP) is 17.0. The van der Waals surface area contributed by atoms with Crippen molar-refractivity contribution in [3.05, 3.63) is 401 Å². The summed E-state index contributed by atoms with van der Waals surface area (Å²) in [5, 5.41) is 3.32. The molecular formula is C102H81Cl3SiTi. The average Bonchev–Trinajstić information content (AvgIpc) is 1.64. The van der Waals surface area contributed by atoms with Gasteiger partial charge in [0.05, 0.1) is 0 Å². The second kappa shape index (κ2) is 32.0. The van der Waals surface area contributed by atoms with E-state index in [0.29, 0.717) is 0 Å². The van der Waals surface area contributed by atoms with Gasteiger partial charge in [-0.15, -0.1) is 0 Å². The van der Waals surface area contributed by atoms with Crippen LogP contribution in [0.3, 0.4) is 0 Å². The van der Waals surface area contributed by atoms with E-state index in [2.05, 4.69) is 433 Å². The van der Waals surface area contributed by atoms with Crippen LogP contribution < -0.4 is 52.8 Å². The normalized spacial score (nSPS) is 13.4. The van der Waals surface area contributed by atoms with Gasteiger partial charge in [0, 0.05) is 0 Å². The minimum absolute atomic E-state index is 0. The molecule has 0 bridgehead atoms. The number of halogens is 3. The summed E-state index contributed by atoms with van der Waals surface area (Å²) in [5.41, 5.74) is 36.4. The van der Waals surface area contributed by atoms with Gasteiger partial charge in [0.1, 0.15) is 0 Å². The van der Waals surface area contributed by atoms with Crippen molar-refractivity contribution in [2.75, 3.05) is 0 Å². The first-order valence-corrected chi connectivity index (χ1v) is 39.2. The first-order chi connectivity index (χ1) is 51.0. The zero-order chi connectivity index (χ0) is 71.1. The molecule has 0 saturated heterocycles. The summed E-state index contributed by atoms with van der Waals surface area (Å²) in [7, 11) is -4.61. The Morgan fingerprint density at radius 2 is 0.336 bits per heavy atom. The Balaban J connectivity index is 0.00000337. The van der Waals surface area contributed by atoms with Crippen LogP contribution in [0, 0.1) is 20.8 Å². The first-order valence-electron chi connectivity index (χ1n) is 36.4. The van der Waals surface area contributed by atoms with E-state index in [0.717, 1.165) is 66.8 Å². The van der Waals surface area contributed by atoms with E-state index < -0.39 is 13.1 Å². The van der Waals surface area contributed by atoms with Crippen molar-refractivity contribution in [3.63, 3.8) is 0 Å². The van der Waals surface area contributed by atoms with Crippen molar-refractivity contribution in [3.8, 4) is 134 Å². The summed E-state index contributed by atoms with van der Waals surface area (Å²) < 4.78 is 1.38. The molecule has 15 aromatic carbocycles. The van der Waals surface area contributed by atoms with Gasteiger partial charge in [-0.25, -0.2) is 0 Å². The largest absolute Gasteiger partial charge is 1.00 e. The molecule has 0 heterocycles. The molecular weight excluding hydrogens is 1410 g/mol. The molecule has 1 aliphatic carbocycles. The second-order valence-corrected chi connectivity index (χ2v) is 32.8. The minimum Gasteiger partial charge on any atom is -1.00 e. The Hall–Kier alpha value is -10.4. The van der Waals surface area contributed by atoms with E-state index in [-0.39, 0.29) is 37.2 Å². The molecule has 0 N–H and O–H groups in total. The zero-order valence-corrected chi connectivity index (χ0v) is 66.1. The Kier molecular flexibility index (Phi) is 22.3. The molecule has 518 valence electrons. The van der Waals surface area contributed by atoms with Crippen molar-refractivity contribution in [1.29, 1.82) is 0 Å². The topological polar surface area (TPSA) is 0 Å². The minimum atomic E-state index is -4.61. The van der Waals surface area contributed by atoms with Gasteiger partial charge in [-0.05, 0) is 0 Å². The van der Waals surface area contributed by atoms with Crippen molar-refractivity contribution >= 4 is 23.6 Å². The summed E-state index contributed by atoms with van der Waals surface area (Å²) >= 11 is 2.54. The maximum atomic E-state index is 2.75. The molecule has 0 aliphatic heterocycles. The zero-order valence-electron chi connectivity index (χ0n) is 61.3. The van der Waals surface area contributed by atoms with Gasteiger partial charge >= 0.3 is 632 Å². The Morgan fingerprint density at radius 3 is 0.486 bits per heavy atom. The molecule has 107 heavy (non-hydrogen) atoms. The van der Waals surface area contributed by atoms with E-state index in [1.54, 1.807) is 0 Å². The van der Waals surface area contributed by atoms with Gasteiger partial charge in [-0.1, -0.05) is 0 Å². The van der Waals surface area contributed by atoms with Crippen LogP contribution >= 0.6 is 0 Å². The smallest absolute Gasteiger partial charge is 1.00 e. The van der Waals surface area contributed by atoms with Crippen molar-refractivity contribution in [2.45, 2.75) is 53.5 Å². The summed E-state index contributed by atoms with van der Waals surface area (Å²) in [6.45, 7) is 17.8. The van der Waals surface area contributed by atoms with Crippen LogP contribution in [0.2, 0.25) is 5.04 Å². The summed E-state index contributed by atoms with van der Waals surface area (Å²) in [6.07, 6.45) is 0. The number of hydrogen-bond acceptors (Lipinski definition) is 0. The van der Waals surface area contributed by atoms with Crippen LogP contribution in [0.5, 0.6) is 0 Å². The Labute approximate surface area is 664 Å². The molecule has 0 amide bonds. The Bertz CT molecular complexity index is 5170. The van der Waals surface area contributed by atoms with Gasteiger partial charge in [-0.3, -0.25) is 0 Å². The molecule has 0 radical (unpaired) electrons. The first kappa shape index (κ1) is 74.8. The summed E-state index contributed by atoms with van der Waals surface area (Å²) in [4.78, 5) is 0. The van der Waals surface area contributed by atoms with Gasteiger partial charge in [0.15, 0.2) is 0 Å². The fourth-order valence-electron chi connectivity index (χ4n) is 18.0. The second-order valence-electron chi connectivity index (χ2n) is 28.0. The number of benzene rings is 15. The van der Waals surface area contributed by atoms with Gasteiger partial charge in [0.25, 0.3) is 0 Å². The Morgan fingerprint density at radius 1 is 0.196 bits per heavy atom. The molecule has 1 atom stereocenters. The quantitative estimate of drug-likeness (QED) is 0.0668. The molecule has 0 saturated carbocycles. The molecule has 0 nitrogen and oxygen atoms in total. The molecule has 15 aromatic rings. The van der Waals surface area contributed by atoms with Crippen LogP contribution in [0.1, 0.15) is 44.4 Å². The van der Waals surface area contributed by atoms with E-state index >= 15 is 0 Å². The van der Waals surface area contributed by atoms with Crippen LogP contribution in [0.15, 0.2) is 385 Å². The van der Waals surface area contributed by atoms with Gasteiger partial charge < -0.3 is 37.2 Å². The third kappa shape index (κ3) is 12.7. The van der Waals surface area contributed by atoms with E-state index in [1.807, 2.05) is 0 Å². The summed E-state index contributed by atoms with van der Waals surface area (Å²) in [5.74, 6) is 0. The van der Waals surface area contributed by atoms with Crippen LogP contribution in [0.4, 0.5) is 0 Å². The average molecular weight is 1490 g/mol. The van der Waals surface area contributed by atoms with E-state index in [1.165, 1.54) is 120 Å². The maximum absolute atomic E-state index is 4.61. The van der Waals surface area contributed by atoms with Crippen LogP contribution in [0.25, 0.3) is 134 Å². The SMILES string of the molecule is CC1=C(C)C(C)([Si](c2c(C)c(-c3ccccc3)c(-c3ccccc3)c(-c3ccccc3)c2-c2ccccc2)(c2c(C)c(-c3ccccc3)c(-c3ccccc3)c(-c3ccccc3)c2-c2ccccc2)c2c(C)c(-c3ccccc3)c(-c3ccccc3)c(-c3ccccc3)c2-c2ccccc2)[C]([Ti+3])=C1C.[Cl-].[Cl-].[Cl-]. The number of allylic oxidation sites excluding steroid dienone is 4. The van der Waals surface area contributed by atoms with Crippen LogP contribution in [-0.2, 0) is 20.4 Å². The predicted molar refractivity (Wildman–Crippen MR) is 443 cm³/mol. The van der Waals surface area contributed by atoms with E-state index in [9.17, 15) is 0 Å². The summed E-state index contributed by atoms with van der Waals surface area (Å²) in [6, 6.07) is 138. The molecule has 0 fully saturated rings. The van der Waals surface area contributed by atoms with E-state index in [4.69, 9.17) is 0 Å². The van der Waals surface area contributed by atoms with Crippen molar-refractivity contribution in [1.82, 2.24) is 0 Å². The van der Waals surface area contributed by atoms with Crippen molar-refractivity contribution < 1.29 is 57.7 Å². The molecule has 16 rings (SSSR count). The van der Waals surface area contributed by atoms with Crippen LogP contribution in [-0.4, -0.2) is 8.07 Å². The fraction of sp³-hybridized carbons (Fsp3) is 0.0784. The number of rotatable bonds is 16. The number of hydrogen-bond donors (Lipinski definition) is 0. The third-order valence-corrected chi connectivity index (χ3v) is 30.6. The fourth-order valence-corrected chi connectivity index (χ4v) is 27.0. The van der Waals surface area contributed by atoms with Gasteiger partial charge in [-0.2, -0.15) is 0 Å². The van der Waals surface area contributed by atoms with Crippen molar-refractivity contribution in [2.24, 2.45) is 0 Å². The molecule has 1 unspecified atom stereocenters. The third-order valence-electron chi connectivity index (χ3n) is 22.6. The molecule has 0 aromatic heterocycles.